The van der Waals surface area contributed by atoms with Gasteiger partial charge in [0.25, 0.3) is 0 Å². The first-order valence-corrected chi connectivity index (χ1v) is 7.94. The molecule has 0 bridgehead atoms. The van der Waals surface area contributed by atoms with Gasteiger partial charge in [0, 0.05) is 38.8 Å². The van der Waals surface area contributed by atoms with Crippen molar-refractivity contribution in [2.45, 2.75) is 45.3 Å². The summed E-state index contributed by atoms with van der Waals surface area (Å²) in [5.74, 6) is 0.475. The first-order chi connectivity index (χ1) is 9.67. The highest BCUT2D eigenvalue weighted by molar-refractivity contribution is 4.92. The monoisotopic (exact) mass is 307 g/mol. The highest BCUT2D eigenvalue weighted by atomic mass is 19.4. The summed E-state index contributed by atoms with van der Waals surface area (Å²) in [5, 5.41) is 0. The molecule has 1 heterocycles. The van der Waals surface area contributed by atoms with E-state index in [9.17, 15) is 13.2 Å². The summed E-state index contributed by atoms with van der Waals surface area (Å²) >= 11 is 0. The molecule has 1 aliphatic carbocycles. The summed E-state index contributed by atoms with van der Waals surface area (Å²) in [5.41, 5.74) is 6.58. The van der Waals surface area contributed by atoms with Crippen molar-refractivity contribution >= 4 is 0 Å². The van der Waals surface area contributed by atoms with Gasteiger partial charge in [-0.25, -0.2) is 0 Å². The van der Waals surface area contributed by atoms with Crippen LogP contribution in [-0.4, -0.2) is 61.3 Å². The number of alkyl halides is 3. The second-order valence-electron chi connectivity index (χ2n) is 7.36. The third-order valence-corrected chi connectivity index (χ3v) is 5.17. The first kappa shape index (κ1) is 17.0. The van der Waals surface area contributed by atoms with Crippen molar-refractivity contribution in [3.63, 3.8) is 0 Å². The molecule has 6 heteroatoms. The SMILES string of the molecule is CC1(C)CCCC(CN2CCN(CC(F)(F)F)CC2)C1N. The fourth-order valence-corrected chi connectivity index (χ4v) is 3.72. The molecule has 0 radical (unpaired) electrons. The average Bonchev–Trinajstić information content (AvgIpc) is 2.35. The number of piperazine rings is 1. The molecule has 2 aliphatic rings. The molecule has 0 amide bonds. The molecule has 0 aromatic heterocycles. The fourth-order valence-electron chi connectivity index (χ4n) is 3.72. The first-order valence-electron chi connectivity index (χ1n) is 7.94. The number of hydrogen-bond donors (Lipinski definition) is 1. The Bertz CT molecular complexity index is 336. The van der Waals surface area contributed by atoms with Crippen LogP contribution in [0.15, 0.2) is 0 Å². The van der Waals surface area contributed by atoms with Crippen molar-refractivity contribution in [2.24, 2.45) is 17.1 Å². The van der Waals surface area contributed by atoms with Crippen LogP contribution < -0.4 is 5.73 Å². The van der Waals surface area contributed by atoms with E-state index in [0.717, 1.165) is 26.1 Å². The lowest BCUT2D eigenvalue weighted by Gasteiger charge is -2.45. The largest absolute Gasteiger partial charge is 0.401 e. The molecule has 2 rings (SSSR count). The number of halogens is 3. The minimum absolute atomic E-state index is 0.182. The molecule has 2 unspecified atom stereocenters. The van der Waals surface area contributed by atoms with Crippen LogP contribution in [0.2, 0.25) is 0 Å². The van der Waals surface area contributed by atoms with E-state index in [4.69, 9.17) is 5.73 Å². The summed E-state index contributed by atoms with van der Waals surface area (Å²) < 4.78 is 37.1. The lowest BCUT2D eigenvalue weighted by molar-refractivity contribution is -0.149. The number of nitrogens with zero attached hydrogens (tertiary/aromatic N) is 2. The number of hydrogen-bond acceptors (Lipinski definition) is 3. The Hall–Kier alpha value is -0.330. The van der Waals surface area contributed by atoms with Crippen molar-refractivity contribution in [3.05, 3.63) is 0 Å². The minimum atomic E-state index is -4.09. The maximum Gasteiger partial charge on any atom is 0.401 e. The summed E-state index contributed by atoms with van der Waals surface area (Å²) in [6, 6.07) is 0.194. The van der Waals surface area contributed by atoms with Crippen LogP contribution in [0.3, 0.4) is 0 Å². The van der Waals surface area contributed by atoms with Gasteiger partial charge < -0.3 is 10.6 Å². The highest BCUT2D eigenvalue weighted by Gasteiger charge is 2.38. The molecule has 1 aliphatic heterocycles. The normalized spacial score (nSPS) is 32.3. The zero-order valence-electron chi connectivity index (χ0n) is 13.1. The van der Waals surface area contributed by atoms with Gasteiger partial charge in [-0.1, -0.05) is 20.3 Å². The van der Waals surface area contributed by atoms with E-state index in [-0.39, 0.29) is 11.5 Å². The molecular weight excluding hydrogens is 279 g/mol. The van der Waals surface area contributed by atoms with E-state index in [0.29, 0.717) is 19.0 Å². The summed E-state index contributed by atoms with van der Waals surface area (Å²) in [6.07, 6.45) is -0.561. The second kappa shape index (κ2) is 6.42. The smallest absolute Gasteiger partial charge is 0.327 e. The van der Waals surface area contributed by atoms with E-state index in [1.807, 2.05) is 0 Å². The standard InChI is InChI=1S/C15H28F3N3/c1-14(2)5-3-4-12(13(14)19)10-20-6-8-21(9-7-20)11-15(16,17)18/h12-13H,3-11,19H2,1-2H3. The van der Waals surface area contributed by atoms with Gasteiger partial charge in [-0.2, -0.15) is 13.2 Å². The molecule has 1 saturated carbocycles. The Kier molecular flexibility index (Phi) is 5.21. The summed E-state index contributed by atoms with van der Waals surface area (Å²) in [7, 11) is 0. The molecule has 2 atom stereocenters. The van der Waals surface area contributed by atoms with Gasteiger partial charge in [-0.15, -0.1) is 0 Å². The van der Waals surface area contributed by atoms with Crippen LogP contribution >= 0.6 is 0 Å². The second-order valence-corrected chi connectivity index (χ2v) is 7.36. The van der Waals surface area contributed by atoms with Crippen LogP contribution in [-0.2, 0) is 0 Å². The molecule has 124 valence electrons. The Morgan fingerprint density at radius 1 is 1.10 bits per heavy atom. The molecule has 0 spiro atoms. The zero-order chi connectivity index (χ0) is 15.7. The number of nitrogens with two attached hydrogens (primary N) is 1. The molecule has 2 N–H and O–H groups in total. The van der Waals surface area contributed by atoms with Gasteiger partial charge in [0.05, 0.1) is 6.54 Å². The van der Waals surface area contributed by atoms with Gasteiger partial charge in [0.1, 0.15) is 0 Å². The predicted molar refractivity (Wildman–Crippen MR) is 78.0 cm³/mol. The Morgan fingerprint density at radius 3 is 2.24 bits per heavy atom. The van der Waals surface area contributed by atoms with Crippen molar-refractivity contribution in [1.82, 2.24) is 9.80 Å². The summed E-state index contributed by atoms with van der Waals surface area (Å²) in [6.45, 7) is 7.06. The molecule has 21 heavy (non-hydrogen) atoms. The van der Waals surface area contributed by atoms with E-state index in [2.05, 4.69) is 18.7 Å². The van der Waals surface area contributed by atoms with Crippen molar-refractivity contribution < 1.29 is 13.2 Å². The van der Waals surface area contributed by atoms with Crippen LogP contribution in [0, 0.1) is 11.3 Å². The number of rotatable bonds is 3. The molecule has 0 aromatic rings. The van der Waals surface area contributed by atoms with Crippen LogP contribution in [0.25, 0.3) is 0 Å². The minimum Gasteiger partial charge on any atom is -0.327 e. The van der Waals surface area contributed by atoms with Gasteiger partial charge in [0.2, 0.25) is 0 Å². The van der Waals surface area contributed by atoms with Crippen LogP contribution in [0.1, 0.15) is 33.1 Å². The van der Waals surface area contributed by atoms with E-state index < -0.39 is 12.7 Å². The van der Waals surface area contributed by atoms with Gasteiger partial charge in [0.15, 0.2) is 0 Å². The third-order valence-electron chi connectivity index (χ3n) is 5.17. The predicted octanol–water partition coefficient (Wildman–Crippen LogP) is 2.32. The highest BCUT2D eigenvalue weighted by Crippen LogP contribution is 2.38. The quantitative estimate of drug-likeness (QED) is 0.868. The molecule has 0 aromatic carbocycles. The van der Waals surface area contributed by atoms with Gasteiger partial charge in [-0.05, 0) is 24.2 Å². The maximum atomic E-state index is 12.4. The van der Waals surface area contributed by atoms with Crippen molar-refractivity contribution in [2.75, 3.05) is 39.3 Å². The molecule has 1 saturated heterocycles. The summed E-state index contributed by atoms with van der Waals surface area (Å²) in [4.78, 5) is 3.79. The van der Waals surface area contributed by atoms with Crippen molar-refractivity contribution in [1.29, 1.82) is 0 Å². The van der Waals surface area contributed by atoms with Crippen LogP contribution in [0.4, 0.5) is 13.2 Å². The average molecular weight is 307 g/mol. The lowest BCUT2D eigenvalue weighted by Crippen LogP contribution is -2.54. The Balaban J connectivity index is 1.78. The third kappa shape index (κ3) is 4.83. The van der Waals surface area contributed by atoms with E-state index >= 15 is 0 Å². The van der Waals surface area contributed by atoms with Gasteiger partial charge >= 0.3 is 6.18 Å². The Morgan fingerprint density at radius 2 is 1.67 bits per heavy atom. The van der Waals surface area contributed by atoms with Gasteiger partial charge in [-0.3, -0.25) is 4.90 Å². The Labute approximate surface area is 125 Å². The lowest BCUT2D eigenvalue weighted by atomic mass is 9.68. The topological polar surface area (TPSA) is 32.5 Å². The van der Waals surface area contributed by atoms with Crippen molar-refractivity contribution in [3.8, 4) is 0 Å². The molecule has 2 fully saturated rings. The van der Waals surface area contributed by atoms with E-state index in [1.165, 1.54) is 17.7 Å². The molecule has 3 nitrogen and oxygen atoms in total. The fraction of sp³-hybridized carbons (Fsp3) is 1.00. The molecular formula is C15H28F3N3. The maximum absolute atomic E-state index is 12.4. The zero-order valence-corrected chi connectivity index (χ0v) is 13.1. The van der Waals surface area contributed by atoms with Crippen LogP contribution in [0.5, 0.6) is 0 Å². The van der Waals surface area contributed by atoms with E-state index in [1.54, 1.807) is 0 Å².